The van der Waals surface area contributed by atoms with Crippen LogP contribution in [-0.2, 0) is 0 Å². The van der Waals surface area contributed by atoms with Crippen LogP contribution in [0.4, 0.5) is 11.6 Å². The molecular formula is C14H22N4. The van der Waals surface area contributed by atoms with Crippen LogP contribution in [0.3, 0.4) is 0 Å². The third kappa shape index (κ3) is 2.57. The average molecular weight is 246 g/mol. The lowest BCUT2D eigenvalue weighted by molar-refractivity contribution is 0.564. The summed E-state index contributed by atoms with van der Waals surface area (Å²) in [4.78, 5) is 4.72. The largest absolute Gasteiger partial charge is 0.355 e. The fourth-order valence-electron chi connectivity index (χ4n) is 2.90. The molecule has 4 nitrogen and oxygen atoms in total. The Morgan fingerprint density at radius 1 is 0.611 bits per heavy atom. The van der Waals surface area contributed by atoms with Crippen molar-refractivity contribution in [2.75, 3.05) is 36.0 Å². The first-order chi connectivity index (χ1) is 8.93. The maximum Gasteiger partial charge on any atom is 0.151 e. The predicted octanol–water partition coefficient (Wildman–Crippen LogP) is 2.46. The molecule has 0 unspecified atom stereocenters. The first-order valence-electron chi connectivity index (χ1n) is 7.27. The summed E-state index contributed by atoms with van der Waals surface area (Å²) in [5.41, 5.74) is 0. The Morgan fingerprint density at radius 3 is 1.33 bits per heavy atom. The molecule has 98 valence electrons. The molecule has 3 rings (SSSR count). The van der Waals surface area contributed by atoms with Crippen molar-refractivity contribution >= 4 is 11.6 Å². The second-order valence-electron chi connectivity index (χ2n) is 5.35. The van der Waals surface area contributed by atoms with Crippen molar-refractivity contribution in [3.63, 3.8) is 0 Å². The third-order valence-electron chi connectivity index (χ3n) is 4.00. The van der Waals surface area contributed by atoms with Gasteiger partial charge in [-0.05, 0) is 50.7 Å². The molecule has 2 aliphatic rings. The van der Waals surface area contributed by atoms with Crippen LogP contribution in [-0.4, -0.2) is 36.4 Å². The lowest BCUT2D eigenvalue weighted by Gasteiger charge is -2.29. The molecule has 3 heterocycles. The zero-order valence-electron chi connectivity index (χ0n) is 11.0. The van der Waals surface area contributed by atoms with Crippen molar-refractivity contribution in [3.05, 3.63) is 12.1 Å². The first kappa shape index (κ1) is 11.8. The van der Waals surface area contributed by atoms with Gasteiger partial charge in [0.1, 0.15) is 0 Å². The Kier molecular flexibility index (Phi) is 3.62. The van der Waals surface area contributed by atoms with Crippen molar-refractivity contribution < 1.29 is 0 Å². The second kappa shape index (κ2) is 5.55. The summed E-state index contributed by atoms with van der Waals surface area (Å²) < 4.78 is 0. The number of aromatic nitrogens is 2. The maximum atomic E-state index is 4.41. The van der Waals surface area contributed by atoms with Gasteiger partial charge >= 0.3 is 0 Å². The van der Waals surface area contributed by atoms with E-state index in [4.69, 9.17) is 0 Å². The number of hydrogen-bond acceptors (Lipinski definition) is 4. The van der Waals surface area contributed by atoms with Gasteiger partial charge in [-0.3, -0.25) is 0 Å². The van der Waals surface area contributed by atoms with Gasteiger partial charge in [0, 0.05) is 26.2 Å². The summed E-state index contributed by atoms with van der Waals surface area (Å²) in [6.07, 6.45) is 7.86. The van der Waals surface area contributed by atoms with E-state index >= 15 is 0 Å². The van der Waals surface area contributed by atoms with Gasteiger partial charge in [-0.15, -0.1) is 10.2 Å². The SMILES string of the molecule is c1cc(N2CCCCC2)nnc1N1CCCCC1. The summed E-state index contributed by atoms with van der Waals surface area (Å²) in [7, 11) is 0. The molecule has 0 aliphatic carbocycles. The van der Waals surface area contributed by atoms with E-state index in [-0.39, 0.29) is 0 Å². The Morgan fingerprint density at radius 2 is 1.00 bits per heavy atom. The highest BCUT2D eigenvalue weighted by atomic mass is 15.3. The Labute approximate surface area is 109 Å². The molecule has 2 aliphatic heterocycles. The molecule has 18 heavy (non-hydrogen) atoms. The number of nitrogens with zero attached hydrogens (tertiary/aromatic N) is 4. The normalized spacial score (nSPS) is 21.1. The van der Waals surface area contributed by atoms with Crippen LogP contribution in [0.15, 0.2) is 12.1 Å². The number of anilines is 2. The minimum Gasteiger partial charge on any atom is -0.355 e. The van der Waals surface area contributed by atoms with Crippen molar-refractivity contribution in [1.29, 1.82) is 0 Å². The highest BCUT2D eigenvalue weighted by Gasteiger charge is 2.15. The molecule has 0 spiro atoms. The molecule has 1 aromatic heterocycles. The Hall–Kier alpha value is -1.32. The highest BCUT2D eigenvalue weighted by molar-refractivity contribution is 5.45. The molecule has 0 atom stereocenters. The molecule has 1 aromatic rings. The fourth-order valence-corrected chi connectivity index (χ4v) is 2.90. The summed E-state index contributed by atoms with van der Waals surface area (Å²) in [5, 5.41) is 8.82. The monoisotopic (exact) mass is 246 g/mol. The molecule has 0 N–H and O–H groups in total. The molecule has 0 bridgehead atoms. The van der Waals surface area contributed by atoms with Gasteiger partial charge < -0.3 is 9.80 Å². The van der Waals surface area contributed by atoms with E-state index < -0.39 is 0 Å². The van der Waals surface area contributed by atoms with Crippen LogP contribution in [0.1, 0.15) is 38.5 Å². The van der Waals surface area contributed by atoms with Gasteiger partial charge in [-0.25, -0.2) is 0 Å². The number of piperidine rings is 2. The third-order valence-corrected chi connectivity index (χ3v) is 4.00. The van der Waals surface area contributed by atoms with Crippen molar-refractivity contribution in [2.45, 2.75) is 38.5 Å². The predicted molar refractivity (Wildman–Crippen MR) is 74.2 cm³/mol. The second-order valence-corrected chi connectivity index (χ2v) is 5.35. The van der Waals surface area contributed by atoms with Crippen molar-refractivity contribution in [3.8, 4) is 0 Å². The van der Waals surface area contributed by atoms with E-state index in [1.807, 2.05) is 0 Å². The van der Waals surface area contributed by atoms with E-state index in [1.165, 1.54) is 38.5 Å². The summed E-state index contributed by atoms with van der Waals surface area (Å²) in [6, 6.07) is 4.28. The van der Waals surface area contributed by atoms with Gasteiger partial charge in [-0.1, -0.05) is 0 Å². The Balaban J connectivity index is 1.67. The summed E-state index contributed by atoms with van der Waals surface area (Å²) in [5.74, 6) is 2.10. The van der Waals surface area contributed by atoms with E-state index in [1.54, 1.807) is 0 Å². The molecule has 4 heteroatoms. The van der Waals surface area contributed by atoms with Gasteiger partial charge in [0.2, 0.25) is 0 Å². The molecule has 0 aromatic carbocycles. The molecule has 0 radical (unpaired) electrons. The first-order valence-corrected chi connectivity index (χ1v) is 7.27. The minimum atomic E-state index is 1.05. The zero-order chi connectivity index (χ0) is 12.2. The van der Waals surface area contributed by atoms with Crippen molar-refractivity contribution in [2.24, 2.45) is 0 Å². The zero-order valence-corrected chi connectivity index (χ0v) is 11.0. The molecular weight excluding hydrogens is 224 g/mol. The molecule has 0 amide bonds. The van der Waals surface area contributed by atoms with Gasteiger partial charge in [-0.2, -0.15) is 0 Å². The van der Waals surface area contributed by atoms with Gasteiger partial charge in [0.25, 0.3) is 0 Å². The fraction of sp³-hybridized carbons (Fsp3) is 0.714. The van der Waals surface area contributed by atoms with Crippen LogP contribution in [0.5, 0.6) is 0 Å². The smallest absolute Gasteiger partial charge is 0.151 e. The van der Waals surface area contributed by atoms with Gasteiger partial charge in [0.15, 0.2) is 11.6 Å². The van der Waals surface area contributed by atoms with Crippen LogP contribution >= 0.6 is 0 Å². The average Bonchev–Trinajstić information content (AvgIpc) is 2.49. The van der Waals surface area contributed by atoms with E-state index in [0.717, 1.165) is 37.8 Å². The lowest BCUT2D eigenvalue weighted by atomic mass is 10.1. The summed E-state index contributed by atoms with van der Waals surface area (Å²) in [6.45, 7) is 4.55. The highest BCUT2D eigenvalue weighted by Crippen LogP contribution is 2.20. The molecule has 2 fully saturated rings. The lowest BCUT2D eigenvalue weighted by Crippen LogP contribution is -2.32. The Bertz CT molecular complexity index is 327. The summed E-state index contributed by atoms with van der Waals surface area (Å²) >= 11 is 0. The van der Waals surface area contributed by atoms with E-state index in [9.17, 15) is 0 Å². The number of rotatable bonds is 2. The number of hydrogen-bond donors (Lipinski definition) is 0. The minimum absolute atomic E-state index is 1.05. The van der Waals surface area contributed by atoms with Gasteiger partial charge in [0.05, 0.1) is 0 Å². The molecule has 0 saturated carbocycles. The van der Waals surface area contributed by atoms with E-state index in [2.05, 4.69) is 32.1 Å². The quantitative estimate of drug-likeness (QED) is 0.802. The van der Waals surface area contributed by atoms with Crippen LogP contribution in [0, 0.1) is 0 Å². The van der Waals surface area contributed by atoms with Crippen LogP contribution in [0.2, 0.25) is 0 Å². The maximum absolute atomic E-state index is 4.41. The topological polar surface area (TPSA) is 32.3 Å². The standard InChI is InChI=1S/C14H22N4/c1-3-9-17(10-4-1)13-7-8-14(16-15-13)18-11-5-2-6-12-18/h7-8H,1-6,9-12H2. The molecule has 2 saturated heterocycles. The van der Waals surface area contributed by atoms with Crippen molar-refractivity contribution in [1.82, 2.24) is 10.2 Å². The van der Waals surface area contributed by atoms with Crippen LogP contribution < -0.4 is 9.80 Å². The van der Waals surface area contributed by atoms with Crippen LogP contribution in [0.25, 0.3) is 0 Å². The van der Waals surface area contributed by atoms with E-state index in [0.29, 0.717) is 0 Å².